The molecule has 1 aromatic carbocycles. The Bertz CT molecular complexity index is 662. The summed E-state index contributed by atoms with van der Waals surface area (Å²) in [6.45, 7) is 0.990. The molecule has 0 atom stereocenters. The number of sulfonamides is 1. The van der Waals surface area contributed by atoms with E-state index in [9.17, 15) is 13.2 Å². The van der Waals surface area contributed by atoms with E-state index in [2.05, 4.69) is 4.72 Å². The maximum Gasteiger partial charge on any atom is 0.409 e. The number of hydrogen-bond acceptors (Lipinski definition) is 5. The van der Waals surface area contributed by atoms with Gasteiger partial charge in [0.25, 0.3) is 10.0 Å². The van der Waals surface area contributed by atoms with Crippen LogP contribution in [0.15, 0.2) is 29.2 Å². The molecule has 0 spiro atoms. The summed E-state index contributed by atoms with van der Waals surface area (Å²) >= 11 is 5.83. The number of carbonyl (C=O) groups is 1. The molecule has 1 aliphatic heterocycles. The van der Waals surface area contributed by atoms with Crippen LogP contribution >= 0.6 is 11.6 Å². The lowest BCUT2D eigenvalue weighted by atomic mass is 10.4. The Kier molecular flexibility index (Phi) is 4.69. The Morgan fingerprint density at radius 2 is 2.14 bits per heavy atom. The number of cyclic esters (lactones) is 1. The second kappa shape index (κ2) is 6.31. The molecule has 0 saturated carbocycles. The maximum atomic E-state index is 12.1. The van der Waals surface area contributed by atoms with Crippen LogP contribution in [-0.2, 0) is 14.8 Å². The first-order valence-electron chi connectivity index (χ1n) is 6.16. The minimum Gasteiger partial charge on any atom is -0.448 e. The van der Waals surface area contributed by atoms with E-state index in [1.165, 1.54) is 17.0 Å². The number of amidine groups is 1. The van der Waals surface area contributed by atoms with Crippen LogP contribution in [0.5, 0.6) is 0 Å². The lowest BCUT2D eigenvalue weighted by Gasteiger charge is -2.14. The quantitative estimate of drug-likeness (QED) is 0.629. The molecule has 1 fully saturated rings. The normalized spacial score (nSPS) is 14.9. The fraction of sp³-hybridized carbons (Fsp3) is 0.333. The summed E-state index contributed by atoms with van der Waals surface area (Å²) < 4.78 is 31.1. The van der Waals surface area contributed by atoms with Crippen molar-refractivity contribution in [1.82, 2.24) is 9.62 Å². The zero-order valence-corrected chi connectivity index (χ0v) is 12.6. The number of benzene rings is 1. The van der Waals surface area contributed by atoms with Crippen LogP contribution in [0.1, 0.15) is 6.42 Å². The van der Waals surface area contributed by atoms with Crippen molar-refractivity contribution in [2.75, 3.05) is 19.7 Å². The molecule has 0 unspecified atom stereocenters. The molecular formula is C12H14ClN3O4S. The lowest BCUT2D eigenvalue weighted by Crippen LogP contribution is -2.34. The van der Waals surface area contributed by atoms with E-state index in [4.69, 9.17) is 21.7 Å². The zero-order chi connectivity index (χ0) is 15.5. The molecule has 0 bridgehead atoms. The Balaban J connectivity index is 1.96. The first-order chi connectivity index (χ1) is 9.90. The van der Waals surface area contributed by atoms with Gasteiger partial charge in [-0.3, -0.25) is 10.1 Å². The first kappa shape index (κ1) is 15.6. The van der Waals surface area contributed by atoms with Gasteiger partial charge in [-0.2, -0.15) is 0 Å². The Morgan fingerprint density at radius 3 is 2.76 bits per heavy atom. The van der Waals surface area contributed by atoms with Crippen LogP contribution in [0, 0.1) is 5.41 Å². The maximum absolute atomic E-state index is 12.1. The highest BCUT2D eigenvalue weighted by atomic mass is 35.5. The van der Waals surface area contributed by atoms with Gasteiger partial charge in [0, 0.05) is 13.0 Å². The van der Waals surface area contributed by atoms with Gasteiger partial charge >= 0.3 is 6.09 Å². The van der Waals surface area contributed by atoms with Crippen molar-refractivity contribution in [1.29, 1.82) is 5.41 Å². The van der Waals surface area contributed by atoms with Gasteiger partial charge in [0.2, 0.25) is 0 Å². The summed E-state index contributed by atoms with van der Waals surface area (Å²) in [5.74, 6) is -0.213. The molecule has 0 radical (unpaired) electrons. The fourth-order valence-corrected chi connectivity index (χ4v) is 3.37. The third-order valence-corrected chi connectivity index (χ3v) is 4.75. The Hall–Kier alpha value is -1.80. The number of nitrogens with one attached hydrogen (secondary N) is 2. The molecule has 1 heterocycles. The Labute approximate surface area is 127 Å². The SMILES string of the molecule is N=C(CCN1CCOC1=O)NS(=O)(=O)c1ccccc1Cl. The molecule has 1 saturated heterocycles. The van der Waals surface area contributed by atoms with Crippen LogP contribution in [0.3, 0.4) is 0 Å². The summed E-state index contributed by atoms with van der Waals surface area (Å²) in [4.78, 5) is 12.5. The predicted molar refractivity (Wildman–Crippen MR) is 77.0 cm³/mol. The minimum absolute atomic E-state index is 0.0821. The summed E-state index contributed by atoms with van der Waals surface area (Å²) in [6, 6.07) is 5.98. The largest absolute Gasteiger partial charge is 0.448 e. The number of ether oxygens (including phenoxy) is 1. The van der Waals surface area contributed by atoms with Crippen molar-refractivity contribution in [3.8, 4) is 0 Å². The topological polar surface area (TPSA) is 99.6 Å². The highest BCUT2D eigenvalue weighted by Crippen LogP contribution is 2.20. The molecule has 21 heavy (non-hydrogen) atoms. The van der Waals surface area contributed by atoms with Crippen LogP contribution in [-0.4, -0.2) is 44.9 Å². The predicted octanol–water partition coefficient (Wildman–Crippen LogP) is 1.44. The molecule has 0 aliphatic carbocycles. The summed E-state index contributed by atoms with van der Waals surface area (Å²) in [5.41, 5.74) is 0. The molecule has 9 heteroatoms. The summed E-state index contributed by atoms with van der Waals surface area (Å²) in [5, 5.41) is 7.77. The first-order valence-corrected chi connectivity index (χ1v) is 8.03. The minimum atomic E-state index is -3.89. The van der Waals surface area contributed by atoms with E-state index in [-0.39, 0.29) is 28.7 Å². The lowest BCUT2D eigenvalue weighted by molar-refractivity contribution is 0.159. The zero-order valence-electron chi connectivity index (χ0n) is 11.0. The highest BCUT2D eigenvalue weighted by Gasteiger charge is 2.23. The van der Waals surface area contributed by atoms with Gasteiger partial charge in [0.05, 0.1) is 11.6 Å². The summed E-state index contributed by atoms with van der Waals surface area (Å²) in [6.07, 6.45) is -0.365. The molecule has 7 nitrogen and oxygen atoms in total. The second-order valence-electron chi connectivity index (χ2n) is 4.37. The number of nitrogens with zero attached hydrogens (tertiary/aromatic N) is 1. The average molecular weight is 332 g/mol. The van der Waals surface area contributed by atoms with Gasteiger partial charge in [0.1, 0.15) is 17.3 Å². The third kappa shape index (κ3) is 3.85. The molecule has 1 aliphatic rings. The molecule has 2 N–H and O–H groups in total. The number of hydrogen-bond donors (Lipinski definition) is 2. The smallest absolute Gasteiger partial charge is 0.409 e. The van der Waals surface area contributed by atoms with Gasteiger partial charge in [0.15, 0.2) is 0 Å². The molecule has 114 valence electrons. The van der Waals surface area contributed by atoms with Gasteiger partial charge < -0.3 is 9.64 Å². The van der Waals surface area contributed by atoms with Crippen molar-refractivity contribution in [2.24, 2.45) is 0 Å². The Morgan fingerprint density at radius 1 is 1.43 bits per heavy atom. The van der Waals surface area contributed by atoms with E-state index in [1.807, 2.05) is 0 Å². The third-order valence-electron chi connectivity index (χ3n) is 2.86. The fourth-order valence-electron chi connectivity index (χ4n) is 1.81. The van der Waals surface area contributed by atoms with Gasteiger partial charge in [-0.05, 0) is 12.1 Å². The van der Waals surface area contributed by atoms with Gasteiger partial charge in [-0.25, -0.2) is 13.2 Å². The van der Waals surface area contributed by atoms with E-state index in [0.29, 0.717) is 13.2 Å². The number of halogens is 1. The molecule has 2 rings (SSSR count). The van der Waals surface area contributed by atoms with Crippen molar-refractivity contribution < 1.29 is 17.9 Å². The van der Waals surface area contributed by atoms with Crippen LogP contribution in [0.2, 0.25) is 5.02 Å². The molecular weight excluding hydrogens is 318 g/mol. The highest BCUT2D eigenvalue weighted by molar-refractivity contribution is 7.90. The molecule has 0 aromatic heterocycles. The number of rotatable bonds is 5. The number of amides is 1. The standard InChI is InChI=1S/C12H14ClN3O4S/c13-9-3-1-2-4-10(9)21(18,19)15-11(14)5-6-16-7-8-20-12(16)17/h1-4H,5-8H2,(H2,14,15). The summed E-state index contributed by atoms with van der Waals surface area (Å²) in [7, 11) is -3.89. The van der Waals surface area contributed by atoms with Crippen LogP contribution in [0.25, 0.3) is 0 Å². The number of carbonyl (C=O) groups excluding carboxylic acids is 1. The van der Waals surface area contributed by atoms with E-state index >= 15 is 0 Å². The van der Waals surface area contributed by atoms with Gasteiger partial charge in [-0.15, -0.1) is 0 Å². The molecule has 1 aromatic rings. The monoisotopic (exact) mass is 331 g/mol. The molecule has 1 amide bonds. The van der Waals surface area contributed by atoms with Crippen LogP contribution in [0.4, 0.5) is 4.79 Å². The second-order valence-corrected chi connectivity index (χ2v) is 6.42. The van der Waals surface area contributed by atoms with Crippen molar-refractivity contribution >= 4 is 33.6 Å². The average Bonchev–Trinajstić information content (AvgIpc) is 2.81. The van der Waals surface area contributed by atoms with E-state index in [0.717, 1.165) is 0 Å². The van der Waals surface area contributed by atoms with Crippen molar-refractivity contribution in [3.63, 3.8) is 0 Å². The van der Waals surface area contributed by atoms with Crippen molar-refractivity contribution in [2.45, 2.75) is 11.3 Å². The van der Waals surface area contributed by atoms with E-state index < -0.39 is 16.1 Å². The van der Waals surface area contributed by atoms with Crippen molar-refractivity contribution in [3.05, 3.63) is 29.3 Å². The van der Waals surface area contributed by atoms with Crippen LogP contribution < -0.4 is 4.72 Å². The van der Waals surface area contributed by atoms with E-state index in [1.54, 1.807) is 12.1 Å². The van der Waals surface area contributed by atoms with Gasteiger partial charge in [-0.1, -0.05) is 23.7 Å².